The number of ether oxygens (including phenoxy) is 1. The monoisotopic (exact) mass is 421 g/mol. The molecule has 154 valence electrons. The highest BCUT2D eigenvalue weighted by Crippen LogP contribution is 2.36. The summed E-state index contributed by atoms with van der Waals surface area (Å²) in [6.07, 6.45) is 2.42. The second kappa shape index (κ2) is 8.04. The number of hydrogen-bond donors (Lipinski definition) is 2. The van der Waals surface area contributed by atoms with Crippen LogP contribution in [0.15, 0.2) is 36.5 Å². The Morgan fingerprint density at radius 2 is 2.13 bits per heavy atom. The van der Waals surface area contributed by atoms with Crippen molar-refractivity contribution in [2.24, 2.45) is 0 Å². The summed E-state index contributed by atoms with van der Waals surface area (Å²) in [7, 11) is 0. The lowest BCUT2D eigenvalue weighted by Crippen LogP contribution is -2.36. The molecule has 3 aromatic heterocycles. The lowest BCUT2D eigenvalue weighted by Gasteiger charge is -2.28. The van der Waals surface area contributed by atoms with Gasteiger partial charge in [0.05, 0.1) is 30.0 Å². The number of H-pyrrole nitrogens is 1. The maximum absolute atomic E-state index is 11.7. The number of aromatic amines is 1. The average molecular weight is 422 g/mol. The van der Waals surface area contributed by atoms with E-state index in [4.69, 9.17) is 14.7 Å². The molecule has 0 unspecified atom stereocenters. The van der Waals surface area contributed by atoms with Gasteiger partial charge >= 0.3 is 0 Å². The summed E-state index contributed by atoms with van der Waals surface area (Å²) in [6, 6.07) is 10.3. The van der Waals surface area contributed by atoms with Gasteiger partial charge in [-0.05, 0) is 18.2 Å². The van der Waals surface area contributed by atoms with E-state index >= 15 is 0 Å². The molecule has 2 N–H and O–H groups in total. The zero-order valence-electron chi connectivity index (χ0n) is 16.8. The Bertz CT molecular complexity index is 1210. The number of carbonyl (C=O) groups excluding carboxylic acids is 1. The molecule has 1 aliphatic rings. The molecule has 0 spiro atoms. The number of aromatic nitrogens is 3. The van der Waals surface area contributed by atoms with Gasteiger partial charge in [-0.2, -0.15) is 0 Å². The van der Waals surface area contributed by atoms with Crippen LogP contribution in [0.4, 0.5) is 5.82 Å². The van der Waals surface area contributed by atoms with Gasteiger partial charge in [0.2, 0.25) is 5.91 Å². The molecule has 1 amide bonds. The van der Waals surface area contributed by atoms with Crippen molar-refractivity contribution in [3.63, 3.8) is 0 Å². The van der Waals surface area contributed by atoms with Crippen molar-refractivity contribution in [2.45, 2.75) is 19.9 Å². The summed E-state index contributed by atoms with van der Waals surface area (Å²) in [5.41, 5.74) is 2.99. The number of nitrogens with zero attached hydrogens (tertiary/aromatic N) is 3. The van der Waals surface area contributed by atoms with Crippen LogP contribution in [0.2, 0.25) is 0 Å². The van der Waals surface area contributed by atoms with Crippen LogP contribution in [-0.2, 0) is 16.1 Å². The number of morpholine rings is 1. The Balaban J connectivity index is 1.63. The average Bonchev–Trinajstić information content (AvgIpc) is 3.43. The van der Waals surface area contributed by atoms with Crippen LogP contribution in [0.3, 0.4) is 0 Å². The summed E-state index contributed by atoms with van der Waals surface area (Å²) in [5.74, 6) is 1.71. The zero-order valence-corrected chi connectivity index (χ0v) is 17.6. The van der Waals surface area contributed by atoms with Crippen LogP contribution in [0.5, 0.6) is 0 Å². The van der Waals surface area contributed by atoms with E-state index < -0.39 is 0 Å². The number of benzene rings is 1. The third-order valence-corrected chi connectivity index (χ3v) is 6.45. The van der Waals surface area contributed by atoms with Crippen molar-refractivity contribution < 1.29 is 9.53 Å². The van der Waals surface area contributed by atoms with E-state index in [2.05, 4.69) is 39.5 Å². The summed E-state index contributed by atoms with van der Waals surface area (Å²) in [5, 5.41) is 4.07. The van der Waals surface area contributed by atoms with Gasteiger partial charge in [-0.1, -0.05) is 19.1 Å². The quantitative estimate of drug-likeness (QED) is 0.513. The number of thiophene rings is 1. The number of amides is 1. The Morgan fingerprint density at radius 1 is 1.27 bits per heavy atom. The number of nitrogens with one attached hydrogen (secondary N) is 2. The molecule has 30 heavy (non-hydrogen) atoms. The minimum atomic E-state index is 0.0479. The summed E-state index contributed by atoms with van der Waals surface area (Å²) < 4.78 is 6.60. The molecule has 0 saturated carbocycles. The predicted octanol–water partition coefficient (Wildman–Crippen LogP) is 3.70. The van der Waals surface area contributed by atoms with E-state index in [-0.39, 0.29) is 5.91 Å². The summed E-state index contributed by atoms with van der Waals surface area (Å²) >= 11 is 1.65. The maximum atomic E-state index is 11.7. The Labute approximate surface area is 178 Å². The third-order valence-electron chi connectivity index (χ3n) is 5.33. The Kier molecular flexibility index (Phi) is 5.10. The van der Waals surface area contributed by atoms with Gasteiger partial charge < -0.3 is 19.9 Å². The fourth-order valence-electron chi connectivity index (χ4n) is 3.75. The standard InChI is InChI=1S/C22H23N5O2S/c1-2-19(28)24-13-14-12-18-20(30-14)22(27-8-10-29-11-9-27)26-21(25-18)16-4-3-5-17-15(16)6-7-23-17/h3-7,12,23H,2,8-11,13H2,1H3,(H,24,28). The summed E-state index contributed by atoms with van der Waals surface area (Å²) in [4.78, 5) is 28.2. The van der Waals surface area contributed by atoms with Gasteiger partial charge in [0, 0.05) is 47.1 Å². The summed E-state index contributed by atoms with van der Waals surface area (Å²) in [6.45, 7) is 5.37. The number of hydrogen-bond acceptors (Lipinski definition) is 6. The van der Waals surface area contributed by atoms with Crippen LogP contribution in [-0.4, -0.2) is 47.2 Å². The first kappa shape index (κ1) is 19.0. The van der Waals surface area contributed by atoms with Crippen LogP contribution in [0.25, 0.3) is 32.5 Å². The van der Waals surface area contributed by atoms with Gasteiger partial charge in [-0.15, -0.1) is 11.3 Å². The van der Waals surface area contributed by atoms with Crippen LogP contribution in [0, 0.1) is 0 Å². The molecule has 1 fully saturated rings. The smallest absolute Gasteiger partial charge is 0.220 e. The van der Waals surface area contributed by atoms with Crippen molar-refractivity contribution in [1.29, 1.82) is 0 Å². The molecule has 4 heterocycles. The zero-order chi connectivity index (χ0) is 20.5. The van der Waals surface area contributed by atoms with E-state index in [1.807, 2.05) is 19.2 Å². The molecule has 5 rings (SSSR count). The van der Waals surface area contributed by atoms with Crippen LogP contribution >= 0.6 is 11.3 Å². The number of carbonyl (C=O) groups is 1. The van der Waals surface area contributed by atoms with Crippen LogP contribution < -0.4 is 10.2 Å². The minimum Gasteiger partial charge on any atom is -0.378 e. The first-order valence-electron chi connectivity index (χ1n) is 10.2. The maximum Gasteiger partial charge on any atom is 0.220 e. The van der Waals surface area contributed by atoms with Crippen molar-refractivity contribution in [1.82, 2.24) is 20.3 Å². The predicted molar refractivity (Wildman–Crippen MR) is 120 cm³/mol. The van der Waals surface area contributed by atoms with Gasteiger partial charge in [0.25, 0.3) is 0 Å². The molecular weight excluding hydrogens is 398 g/mol. The second-order valence-electron chi connectivity index (χ2n) is 7.27. The van der Waals surface area contributed by atoms with Gasteiger partial charge in [-0.25, -0.2) is 9.97 Å². The highest BCUT2D eigenvalue weighted by atomic mass is 32.1. The molecule has 0 bridgehead atoms. The van der Waals surface area contributed by atoms with Gasteiger partial charge in [0.1, 0.15) is 0 Å². The molecule has 1 saturated heterocycles. The number of anilines is 1. The number of rotatable bonds is 5. The fraction of sp³-hybridized carbons (Fsp3) is 0.318. The molecule has 8 heteroatoms. The second-order valence-corrected chi connectivity index (χ2v) is 8.41. The van der Waals surface area contributed by atoms with Crippen molar-refractivity contribution in [3.8, 4) is 11.4 Å². The SMILES string of the molecule is CCC(=O)NCc1cc2nc(-c3cccc4[nH]ccc34)nc(N3CCOCC3)c2s1. The molecule has 0 atom stereocenters. The van der Waals surface area contributed by atoms with E-state index in [0.29, 0.717) is 26.2 Å². The highest BCUT2D eigenvalue weighted by molar-refractivity contribution is 7.19. The molecule has 4 aromatic rings. The number of fused-ring (bicyclic) bond motifs is 2. The molecule has 1 aromatic carbocycles. The first-order chi connectivity index (χ1) is 14.7. The molecule has 1 aliphatic heterocycles. The van der Waals surface area contributed by atoms with Crippen molar-refractivity contribution in [2.75, 3.05) is 31.2 Å². The molecule has 0 radical (unpaired) electrons. The van der Waals surface area contributed by atoms with E-state index in [9.17, 15) is 4.79 Å². The normalized spacial score (nSPS) is 14.5. The van der Waals surface area contributed by atoms with E-state index in [1.165, 1.54) is 0 Å². The van der Waals surface area contributed by atoms with Crippen LogP contribution in [0.1, 0.15) is 18.2 Å². The van der Waals surface area contributed by atoms with Crippen molar-refractivity contribution >= 4 is 44.2 Å². The Hall–Kier alpha value is -2.97. The highest BCUT2D eigenvalue weighted by Gasteiger charge is 2.21. The van der Waals surface area contributed by atoms with Gasteiger partial charge in [0.15, 0.2) is 11.6 Å². The topological polar surface area (TPSA) is 83.1 Å². The van der Waals surface area contributed by atoms with Crippen molar-refractivity contribution in [3.05, 3.63) is 41.4 Å². The molecular formula is C22H23N5O2S. The van der Waals surface area contributed by atoms with E-state index in [0.717, 1.165) is 56.3 Å². The Morgan fingerprint density at radius 3 is 2.97 bits per heavy atom. The largest absolute Gasteiger partial charge is 0.378 e. The molecule has 7 nitrogen and oxygen atoms in total. The van der Waals surface area contributed by atoms with Gasteiger partial charge in [-0.3, -0.25) is 4.79 Å². The first-order valence-corrected chi connectivity index (χ1v) is 11.0. The molecule has 0 aliphatic carbocycles. The lowest BCUT2D eigenvalue weighted by atomic mass is 10.1. The fourth-order valence-corrected chi connectivity index (χ4v) is 4.80. The lowest BCUT2D eigenvalue weighted by molar-refractivity contribution is -0.120. The third kappa shape index (κ3) is 3.53. The van der Waals surface area contributed by atoms with E-state index in [1.54, 1.807) is 11.3 Å². The minimum absolute atomic E-state index is 0.0479.